The molecule has 10 heteroatoms. The molecule has 0 aliphatic carbocycles. The van der Waals surface area contributed by atoms with Crippen molar-refractivity contribution in [2.24, 2.45) is 0 Å². The number of rotatable bonds is 7. The van der Waals surface area contributed by atoms with Gasteiger partial charge in [0.2, 0.25) is 5.88 Å². The number of benzene rings is 1. The van der Waals surface area contributed by atoms with Gasteiger partial charge in [-0.15, -0.1) is 10.2 Å². The van der Waals surface area contributed by atoms with Crippen LogP contribution in [0.2, 0.25) is 0 Å². The molecule has 0 amide bonds. The number of fused-ring (bicyclic) bond motifs is 3. The van der Waals surface area contributed by atoms with Gasteiger partial charge in [-0.3, -0.25) is 0 Å². The summed E-state index contributed by atoms with van der Waals surface area (Å²) < 4.78 is 31.3. The number of esters is 1. The molecule has 0 radical (unpaired) electrons. The van der Waals surface area contributed by atoms with Crippen molar-refractivity contribution < 1.29 is 23.4 Å². The standard InChI is InChI=1S/C28H32FN5O4/c1-6-28-13-18(38-23-11-16(3)24(17(4)31-23)27(35)37-7-2)14-34(28)22-12-21(32-33-26(22)30-15-28)19-9-8-10-20(29)25(19)36-5/h8-12,18H,6-7,13-15H2,1-5H3,(H,30,33)/t18-,28-/m1/s1. The number of aromatic nitrogens is 3. The molecule has 2 atom stereocenters. The molecule has 1 N–H and O–H groups in total. The Balaban J connectivity index is 1.44. The summed E-state index contributed by atoms with van der Waals surface area (Å²) in [5, 5.41) is 12.2. The summed E-state index contributed by atoms with van der Waals surface area (Å²) in [6.45, 7) is 9.21. The maximum Gasteiger partial charge on any atom is 0.340 e. The number of ether oxygens (including phenoxy) is 3. The van der Waals surface area contributed by atoms with Crippen molar-refractivity contribution in [3.8, 4) is 22.9 Å². The lowest BCUT2D eigenvalue weighted by Gasteiger charge is -2.43. The Hall–Kier alpha value is -3.95. The van der Waals surface area contributed by atoms with Gasteiger partial charge in [0.25, 0.3) is 0 Å². The van der Waals surface area contributed by atoms with Crippen molar-refractivity contribution in [1.29, 1.82) is 0 Å². The van der Waals surface area contributed by atoms with Gasteiger partial charge >= 0.3 is 5.97 Å². The Morgan fingerprint density at radius 1 is 1.24 bits per heavy atom. The lowest BCUT2D eigenvalue weighted by atomic mass is 9.90. The van der Waals surface area contributed by atoms with Crippen molar-refractivity contribution in [2.45, 2.75) is 52.2 Å². The zero-order valence-corrected chi connectivity index (χ0v) is 22.3. The SMILES string of the molecule is CCOC(=O)c1c(C)cc(O[C@H]2CN3c4cc(-c5cccc(F)c5OC)nnc4NC[C@@]3(CC)C2)nc1C. The maximum absolute atomic E-state index is 14.4. The number of carbonyl (C=O) groups excluding carboxylic acids is 1. The van der Waals surface area contributed by atoms with E-state index in [1.165, 1.54) is 13.2 Å². The molecule has 0 unspecified atom stereocenters. The molecular formula is C28H32FN5O4. The summed E-state index contributed by atoms with van der Waals surface area (Å²) >= 11 is 0. The van der Waals surface area contributed by atoms with E-state index in [1.54, 1.807) is 32.0 Å². The van der Waals surface area contributed by atoms with Crippen LogP contribution in [0.1, 0.15) is 48.3 Å². The van der Waals surface area contributed by atoms with E-state index in [-0.39, 0.29) is 23.4 Å². The molecule has 9 nitrogen and oxygen atoms in total. The second kappa shape index (κ2) is 10.1. The van der Waals surface area contributed by atoms with Crippen LogP contribution in [0.3, 0.4) is 0 Å². The number of para-hydroxylation sites is 1. The summed E-state index contributed by atoms with van der Waals surface area (Å²) in [6.07, 6.45) is 1.52. The van der Waals surface area contributed by atoms with E-state index < -0.39 is 5.82 Å². The van der Waals surface area contributed by atoms with Gasteiger partial charge < -0.3 is 24.4 Å². The number of methoxy groups -OCH3 is 1. The van der Waals surface area contributed by atoms with E-state index in [9.17, 15) is 9.18 Å². The maximum atomic E-state index is 14.4. The van der Waals surface area contributed by atoms with Gasteiger partial charge in [-0.2, -0.15) is 0 Å². The zero-order chi connectivity index (χ0) is 27.0. The van der Waals surface area contributed by atoms with Crippen LogP contribution in [-0.2, 0) is 4.74 Å². The first-order valence-electron chi connectivity index (χ1n) is 12.8. The Morgan fingerprint density at radius 3 is 2.76 bits per heavy atom. The number of carbonyl (C=O) groups is 1. The molecule has 3 aromatic rings. The first-order valence-corrected chi connectivity index (χ1v) is 12.8. The van der Waals surface area contributed by atoms with Crippen molar-refractivity contribution in [2.75, 3.05) is 37.0 Å². The number of aryl methyl sites for hydroxylation is 2. The third-order valence-electron chi connectivity index (χ3n) is 7.46. The highest BCUT2D eigenvalue weighted by molar-refractivity contribution is 5.92. The molecule has 5 rings (SSSR count). The van der Waals surface area contributed by atoms with Gasteiger partial charge in [0.1, 0.15) is 6.10 Å². The first-order chi connectivity index (χ1) is 18.3. The Kier molecular flexibility index (Phi) is 6.81. The van der Waals surface area contributed by atoms with Crippen LogP contribution in [-0.4, -0.2) is 59.6 Å². The van der Waals surface area contributed by atoms with E-state index in [1.807, 2.05) is 13.0 Å². The fourth-order valence-corrected chi connectivity index (χ4v) is 5.61. The van der Waals surface area contributed by atoms with E-state index in [4.69, 9.17) is 14.2 Å². The van der Waals surface area contributed by atoms with E-state index in [2.05, 4.69) is 32.3 Å². The van der Waals surface area contributed by atoms with E-state index in [0.29, 0.717) is 53.9 Å². The minimum atomic E-state index is -0.452. The fourth-order valence-electron chi connectivity index (χ4n) is 5.61. The van der Waals surface area contributed by atoms with Crippen LogP contribution in [0.15, 0.2) is 30.3 Å². The van der Waals surface area contributed by atoms with Crippen molar-refractivity contribution in [3.05, 3.63) is 53.0 Å². The molecule has 0 bridgehead atoms. The Bertz CT molecular complexity index is 1360. The number of pyridine rings is 1. The first kappa shape index (κ1) is 25.7. The minimum Gasteiger partial charge on any atom is -0.493 e. The van der Waals surface area contributed by atoms with Crippen LogP contribution in [0, 0.1) is 19.7 Å². The number of nitrogens with one attached hydrogen (secondary N) is 1. The summed E-state index contributed by atoms with van der Waals surface area (Å²) in [5.74, 6) is 0.469. The molecule has 2 aliphatic rings. The summed E-state index contributed by atoms with van der Waals surface area (Å²) in [7, 11) is 1.44. The Labute approximate surface area is 221 Å². The van der Waals surface area contributed by atoms with Gasteiger partial charge in [0.05, 0.1) is 48.4 Å². The molecule has 200 valence electrons. The number of nitrogens with zero attached hydrogens (tertiary/aromatic N) is 4. The average Bonchev–Trinajstić information content (AvgIpc) is 3.27. The zero-order valence-electron chi connectivity index (χ0n) is 22.3. The summed E-state index contributed by atoms with van der Waals surface area (Å²) in [6, 6.07) is 8.48. The molecule has 1 saturated heterocycles. The van der Waals surface area contributed by atoms with Gasteiger partial charge in [0.15, 0.2) is 17.4 Å². The lowest BCUT2D eigenvalue weighted by molar-refractivity contribution is 0.0524. The molecule has 1 fully saturated rings. The lowest BCUT2D eigenvalue weighted by Crippen LogP contribution is -2.52. The number of halogens is 1. The Morgan fingerprint density at radius 2 is 2.05 bits per heavy atom. The second-order valence-electron chi connectivity index (χ2n) is 9.73. The molecule has 4 heterocycles. The highest BCUT2D eigenvalue weighted by atomic mass is 19.1. The second-order valence-corrected chi connectivity index (χ2v) is 9.73. The molecule has 2 aliphatic heterocycles. The highest BCUT2D eigenvalue weighted by Crippen LogP contribution is 2.45. The van der Waals surface area contributed by atoms with Crippen LogP contribution in [0.25, 0.3) is 11.3 Å². The van der Waals surface area contributed by atoms with Gasteiger partial charge in [-0.1, -0.05) is 13.0 Å². The average molecular weight is 522 g/mol. The third kappa shape index (κ3) is 4.37. The summed E-state index contributed by atoms with van der Waals surface area (Å²) in [4.78, 5) is 19.2. The molecule has 2 aromatic heterocycles. The van der Waals surface area contributed by atoms with Crippen molar-refractivity contribution in [1.82, 2.24) is 15.2 Å². The fraction of sp³-hybridized carbons (Fsp3) is 0.429. The number of anilines is 2. The normalized spacial score (nSPS) is 19.8. The topological polar surface area (TPSA) is 98.7 Å². The van der Waals surface area contributed by atoms with Gasteiger partial charge in [-0.25, -0.2) is 14.2 Å². The largest absolute Gasteiger partial charge is 0.493 e. The van der Waals surface area contributed by atoms with Crippen molar-refractivity contribution >= 4 is 17.5 Å². The highest BCUT2D eigenvalue weighted by Gasteiger charge is 2.49. The molecule has 1 aromatic carbocycles. The molecular weight excluding hydrogens is 489 g/mol. The monoisotopic (exact) mass is 521 g/mol. The number of hydrogen-bond donors (Lipinski definition) is 1. The number of hydrogen-bond acceptors (Lipinski definition) is 9. The van der Waals surface area contributed by atoms with Gasteiger partial charge in [0, 0.05) is 24.6 Å². The van der Waals surface area contributed by atoms with Crippen LogP contribution in [0.4, 0.5) is 15.9 Å². The molecule has 0 saturated carbocycles. The smallest absolute Gasteiger partial charge is 0.340 e. The predicted octanol–water partition coefficient (Wildman–Crippen LogP) is 4.71. The summed E-state index contributed by atoms with van der Waals surface area (Å²) in [5.41, 5.74) is 3.58. The van der Waals surface area contributed by atoms with Crippen LogP contribution in [0.5, 0.6) is 11.6 Å². The predicted molar refractivity (Wildman–Crippen MR) is 142 cm³/mol. The van der Waals surface area contributed by atoms with Crippen LogP contribution >= 0.6 is 0 Å². The van der Waals surface area contributed by atoms with Crippen LogP contribution < -0.4 is 19.7 Å². The van der Waals surface area contributed by atoms with Crippen molar-refractivity contribution in [3.63, 3.8) is 0 Å². The van der Waals surface area contributed by atoms with E-state index >= 15 is 0 Å². The van der Waals surface area contributed by atoms with E-state index in [0.717, 1.165) is 24.1 Å². The molecule has 38 heavy (non-hydrogen) atoms. The molecule has 0 spiro atoms. The third-order valence-corrected chi connectivity index (χ3v) is 7.46. The van der Waals surface area contributed by atoms with Gasteiger partial charge in [-0.05, 0) is 51.0 Å². The minimum absolute atomic E-state index is 0.136. The quantitative estimate of drug-likeness (QED) is 0.443.